The first-order chi connectivity index (χ1) is 5.73. The van der Waals surface area contributed by atoms with E-state index < -0.39 is 10.0 Å². The van der Waals surface area contributed by atoms with Gasteiger partial charge in [0, 0.05) is 13.1 Å². The van der Waals surface area contributed by atoms with E-state index in [1.807, 2.05) is 0 Å². The van der Waals surface area contributed by atoms with Gasteiger partial charge in [-0.05, 0) is 12.3 Å². The van der Waals surface area contributed by atoms with Crippen LogP contribution in [0.25, 0.3) is 0 Å². The van der Waals surface area contributed by atoms with Crippen molar-refractivity contribution in [3.63, 3.8) is 0 Å². The summed E-state index contributed by atoms with van der Waals surface area (Å²) in [5, 5.41) is 0. The number of rotatable bonds is 3. The van der Waals surface area contributed by atoms with Crippen LogP contribution in [0.3, 0.4) is 0 Å². The molecule has 1 aliphatic heterocycles. The van der Waals surface area contributed by atoms with E-state index >= 15 is 0 Å². The van der Waals surface area contributed by atoms with Crippen molar-refractivity contribution in [3.05, 3.63) is 12.2 Å². The zero-order valence-electron chi connectivity index (χ0n) is 8.50. The molecular weight excluding hydrogens is 186 g/mol. The van der Waals surface area contributed by atoms with Crippen molar-refractivity contribution in [3.8, 4) is 0 Å². The monoisotopic (exact) mass is 203 g/mol. The van der Waals surface area contributed by atoms with Gasteiger partial charge in [0.25, 0.3) is 0 Å². The maximum Gasteiger partial charge on any atom is 0.217 e. The van der Waals surface area contributed by atoms with Gasteiger partial charge >= 0.3 is 0 Å². The van der Waals surface area contributed by atoms with Gasteiger partial charge in [-0.2, -0.15) is 0 Å². The number of hydrogen-bond acceptors (Lipinski definition) is 2. The summed E-state index contributed by atoms with van der Waals surface area (Å²) in [4.78, 5) is 0. The molecule has 0 aliphatic carbocycles. The van der Waals surface area contributed by atoms with Gasteiger partial charge in [0.1, 0.15) is 0 Å². The van der Waals surface area contributed by atoms with Crippen LogP contribution in [0.4, 0.5) is 0 Å². The summed E-state index contributed by atoms with van der Waals surface area (Å²) >= 11 is 0. The van der Waals surface area contributed by atoms with Gasteiger partial charge in [-0.3, -0.25) is 0 Å². The van der Waals surface area contributed by atoms with Crippen molar-refractivity contribution in [2.45, 2.75) is 20.8 Å². The highest BCUT2D eigenvalue weighted by atomic mass is 32.2. The molecule has 1 heterocycles. The molecule has 0 unspecified atom stereocenters. The summed E-state index contributed by atoms with van der Waals surface area (Å²) in [7, 11) is -3.06. The molecule has 0 bridgehead atoms. The van der Waals surface area contributed by atoms with Crippen LogP contribution in [-0.2, 0) is 10.0 Å². The molecule has 0 N–H and O–H groups in total. The van der Waals surface area contributed by atoms with Crippen LogP contribution in [-0.4, -0.2) is 31.6 Å². The standard InChI is InChI=1S/C9H17NO2S/c1-8(2)5-13(11,12)10-6-9(3,4)7-10/h1,5-7H2,2-4H3. The number of hydrogen-bond donors (Lipinski definition) is 0. The molecule has 76 valence electrons. The molecule has 1 saturated heterocycles. The summed E-state index contributed by atoms with van der Waals surface area (Å²) in [5.41, 5.74) is 0.854. The summed E-state index contributed by atoms with van der Waals surface area (Å²) in [6, 6.07) is 0. The van der Waals surface area contributed by atoms with Gasteiger partial charge < -0.3 is 0 Å². The Balaban J connectivity index is 2.60. The molecule has 0 aromatic heterocycles. The molecule has 1 rings (SSSR count). The predicted molar refractivity (Wildman–Crippen MR) is 54.0 cm³/mol. The maximum absolute atomic E-state index is 11.6. The number of nitrogens with zero attached hydrogens (tertiary/aromatic N) is 1. The lowest BCUT2D eigenvalue weighted by molar-refractivity contribution is 0.111. The Labute approximate surface area is 80.5 Å². The average Bonchev–Trinajstić information content (AvgIpc) is 1.79. The van der Waals surface area contributed by atoms with E-state index in [0.29, 0.717) is 18.7 Å². The molecule has 13 heavy (non-hydrogen) atoms. The largest absolute Gasteiger partial charge is 0.217 e. The highest BCUT2D eigenvalue weighted by Crippen LogP contribution is 2.31. The van der Waals surface area contributed by atoms with Crippen molar-refractivity contribution >= 4 is 10.0 Å². The highest BCUT2D eigenvalue weighted by molar-refractivity contribution is 7.89. The van der Waals surface area contributed by atoms with Gasteiger partial charge in [0.2, 0.25) is 10.0 Å². The normalized spacial score (nSPS) is 22.4. The van der Waals surface area contributed by atoms with Crippen LogP contribution in [0, 0.1) is 5.41 Å². The Kier molecular flexibility index (Phi) is 2.56. The zero-order valence-corrected chi connectivity index (χ0v) is 9.32. The summed E-state index contributed by atoms with van der Waals surface area (Å²) in [6.45, 7) is 10.8. The summed E-state index contributed by atoms with van der Waals surface area (Å²) < 4.78 is 24.7. The lowest BCUT2D eigenvalue weighted by Crippen LogP contribution is -2.55. The van der Waals surface area contributed by atoms with E-state index in [9.17, 15) is 8.42 Å². The van der Waals surface area contributed by atoms with Crippen molar-refractivity contribution in [2.75, 3.05) is 18.8 Å². The Morgan fingerprint density at radius 1 is 1.46 bits per heavy atom. The fourth-order valence-corrected chi connectivity index (χ4v) is 3.41. The van der Waals surface area contributed by atoms with Crippen LogP contribution >= 0.6 is 0 Å². The van der Waals surface area contributed by atoms with Crippen molar-refractivity contribution < 1.29 is 8.42 Å². The van der Waals surface area contributed by atoms with Crippen LogP contribution in [0.2, 0.25) is 0 Å². The maximum atomic E-state index is 11.6. The van der Waals surface area contributed by atoms with Gasteiger partial charge in [0.15, 0.2) is 0 Å². The fourth-order valence-electron chi connectivity index (χ4n) is 1.51. The second kappa shape index (κ2) is 3.10. The second-order valence-electron chi connectivity index (χ2n) is 4.65. The van der Waals surface area contributed by atoms with Crippen LogP contribution < -0.4 is 0 Å². The summed E-state index contributed by atoms with van der Waals surface area (Å²) in [5.74, 6) is 0.0864. The van der Waals surface area contributed by atoms with Gasteiger partial charge in [-0.25, -0.2) is 12.7 Å². The molecule has 0 amide bonds. The first-order valence-corrected chi connectivity index (χ1v) is 5.96. The third-order valence-corrected chi connectivity index (χ3v) is 3.93. The summed E-state index contributed by atoms with van der Waals surface area (Å²) in [6.07, 6.45) is 0. The molecule has 0 radical (unpaired) electrons. The lowest BCUT2D eigenvalue weighted by atomic mass is 9.87. The second-order valence-corrected chi connectivity index (χ2v) is 6.61. The van der Waals surface area contributed by atoms with Crippen LogP contribution in [0.5, 0.6) is 0 Å². The molecule has 1 fully saturated rings. The molecular formula is C9H17NO2S. The van der Waals surface area contributed by atoms with E-state index in [1.165, 1.54) is 4.31 Å². The van der Waals surface area contributed by atoms with E-state index in [0.717, 1.165) is 0 Å². The first-order valence-electron chi connectivity index (χ1n) is 4.35. The topological polar surface area (TPSA) is 37.4 Å². The highest BCUT2D eigenvalue weighted by Gasteiger charge is 2.40. The van der Waals surface area contributed by atoms with Gasteiger partial charge in [-0.15, -0.1) is 0 Å². The van der Waals surface area contributed by atoms with Crippen LogP contribution in [0.1, 0.15) is 20.8 Å². The molecule has 0 spiro atoms. The van der Waals surface area contributed by atoms with Gasteiger partial charge in [0.05, 0.1) is 5.75 Å². The average molecular weight is 203 g/mol. The Morgan fingerprint density at radius 3 is 2.23 bits per heavy atom. The minimum atomic E-state index is -3.06. The minimum absolute atomic E-state index is 0.0864. The molecule has 0 atom stereocenters. The first kappa shape index (κ1) is 10.7. The molecule has 4 heteroatoms. The molecule has 3 nitrogen and oxygen atoms in total. The Morgan fingerprint density at radius 2 is 1.92 bits per heavy atom. The van der Waals surface area contributed by atoms with Crippen molar-refractivity contribution in [1.82, 2.24) is 4.31 Å². The van der Waals surface area contributed by atoms with E-state index in [4.69, 9.17) is 0 Å². The Hall–Kier alpha value is -0.350. The quantitative estimate of drug-likeness (QED) is 0.647. The third kappa shape index (κ3) is 2.54. The lowest BCUT2D eigenvalue weighted by Gasteiger charge is -2.44. The molecule has 0 saturated carbocycles. The number of sulfonamides is 1. The molecule has 1 aliphatic rings. The smallest absolute Gasteiger partial charge is 0.212 e. The SMILES string of the molecule is C=C(C)CS(=O)(=O)N1CC(C)(C)C1. The van der Waals surface area contributed by atoms with Crippen LogP contribution in [0.15, 0.2) is 12.2 Å². The van der Waals surface area contributed by atoms with Crippen molar-refractivity contribution in [1.29, 1.82) is 0 Å². The molecule has 0 aromatic carbocycles. The van der Waals surface area contributed by atoms with Gasteiger partial charge in [-0.1, -0.05) is 26.0 Å². The van der Waals surface area contributed by atoms with E-state index in [1.54, 1.807) is 6.92 Å². The van der Waals surface area contributed by atoms with E-state index in [-0.39, 0.29) is 11.2 Å². The molecule has 0 aromatic rings. The third-order valence-electron chi connectivity index (χ3n) is 2.03. The van der Waals surface area contributed by atoms with Crippen molar-refractivity contribution in [2.24, 2.45) is 5.41 Å². The predicted octanol–water partition coefficient (Wildman–Crippen LogP) is 1.23. The fraction of sp³-hybridized carbons (Fsp3) is 0.778. The minimum Gasteiger partial charge on any atom is -0.212 e. The van der Waals surface area contributed by atoms with E-state index in [2.05, 4.69) is 20.4 Å². The Bertz CT molecular complexity index is 309. The zero-order chi connectivity index (χ0) is 10.3.